The molecule has 3 N–H and O–H groups in total. The van der Waals surface area contributed by atoms with Gasteiger partial charge >= 0.3 is 0 Å². The van der Waals surface area contributed by atoms with Gasteiger partial charge in [0.25, 0.3) is 5.91 Å². The predicted molar refractivity (Wildman–Crippen MR) is 82.1 cm³/mol. The lowest BCUT2D eigenvalue weighted by molar-refractivity contribution is -0.128. The van der Waals surface area contributed by atoms with E-state index in [1.165, 1.54) is 0 Å². The number of nitrogens with two attached hydrogens (primary N) is 1. The SMILES string of the molecule is CCCCC(CN)NC(=O)C(C)Oc1cccc(Cl)c1. The monoisotopic (exact) mass is 298 g/mol. The Hall–Kier alpha value is -1.26. The summed E-state index contributed by atoms with van der Waals surface area (Å²) in [6.07, 6.45) is 2.44. The van der Waals surface area contributed by atoms with Crippen molar-refractivity contribution >= 4 is 17.5 Å². The standard InChI is InChI=1S/C15H23ClN2O2/c1-3-4-7-13(10-17)18-15(19)11(2)20-14-8-5-6-12(16)9-14/h5-6,8-9,11,13H,3-4,7,10,17H2,1-2H3,(H,18,19). The maximum absolute atomic E-state index is 12.0. The van der Waals surface area contributed by atoms with Crippen LogP contribution in [0.2, 0.25) is 5.02 Å². The first kappa shape index (κ1) is 16.8. The summed E-state index contributed by atoms with van der Waals surface area (Å²) in [5.41, 5.74) is 5.66. The third-order valence-corrected chi connectivity index (χ3v) is 3.25. The summed E-state index contributed by atoms with van der Waals surface area (Å²) >= 11 is 5.87. The highest BCUT2D eigenvalue weighted by Crippen LogP contribution is 2.18. The van der Waals surface area contributed by atoms with Crippen LogP contribution in [0, 0.1) is 0 Å². The first-order valence-corrected chi connectivity index (χ1v) is 7.37. The molecule has 0 aliphatic carbocycles. The molecule has 2 atom stereocenters. The first-order chi connectivity index (χ1) is 9.56. The Bertz CT molecular complexity index is 426. The van der Waals surface area contributed by atoms with E-state index >= 15 is 0 Å². The molecule has 1 aromatic rings. The van der Waals surface area contributed by atoms with Crippen LogP contribution in [0.1, 0.15) is 33.1 Å². The van der Waals surface area contributed by atoms with E-state index in [9.17, 15) is 4.79 Å². The molecule has 0 saturated heterocycles. The number of nitrogens with one attached hydrogen (secondary N) is 1. The number of rotatable bonds is 8. The van der Waals surface area contributed by atoms with Crippen LogP contribution in [-0.2, 0) is 4.79 Å². The van der Waals surface area contributed by atoms with Crippen molar-refractivity contribution in [2.75, 3.05) is 6.54 Å². The topological polar surface area (TPSA) is 64.3 Å². The van der Waals surface area contributed by atoms with Gasteiger partial charge in [-0.2, -0.15) is 0 Å². The first-order valence-electron chi connectivity index (χ1n) is 6.99. The summed E-state index contributed by atoms with van der Waals surface area (Å²) in [6.45, 7) is 4.26. The Morgan fingerprint density at radius 2 is 2.25 bits per heavy atom. The van der Waals surface area contributed by atoms with Gasteiger partial charge in [-0.25, -0.2) is 0 Å². The van der Waals surface area contributed by atoms with Gasteiger partial charge in [-0.15, -0.1) is 0 Å². The number of hydrogen-bond donors (Lipinski definition) is 2. The van der Waals surface area contributed by atoms with Gasteiger partial charge in [0.2, 0.25) is 0 Å². The third-order valence-electron chi connectivity index (χ3n) is 3.02. The fourth-order valence-electron chi connectivity index (χ4n) is 1.82. The van der Waals surface area contributed by atoms with Crippen molar-refractivity contribution < 1.29 is 9.53 Å². The molecule has 5 heteroatoms. The summed E-state index contributed by atoms with van der Waals surface area (Å²) in [5.74, 6) is 0.425. The Labute approximate surface area is 125 Å². The highest BCUT2D eigenvalue weighted by Gasteiger charge is 2.18. The van der Waals surface area contributed by atoms with Crippen molar-refractivity contribution in [3.63, 3.8) is 0 Å². The van der Waals surface area contributed by atoms with Crippen molar-refractivity contribution in [2.45, 2.75) is 45.3 Å². The smallest absolute Gasteiger partial charge is 0.261 e. The largest absolute Gasteiger partial charge is 0.481 e. The molecule has 0 heterocycles. The Morgan fingerprint density at radius 3 is 2.85 bits per heavy atom. The average Bonchev–Trinajstić information content (AvgIpc) is 2.43. The van der Waals surface area contributed by atoms with Gasteiger partial charge in [0.1, 0.15) is 5.75 Å². The van der Waals surface area contributed by atoms with Gasteiger partial charge in [0, 0.05) is 17.6 Å². The highest BCUT2D eigenvalue weighted by molar-refractivity contribution is 6.30. The molecule has 20 heavy (non-hydrogen) atoms. The minimum absolute atomic E-state index is 0.00728. The van der Waals surface area contributed by atoms with Gasteiger partial charge in [-0.3, -0.25) is 4.79 Å². The summed E-state index contributed by atoms with van der Waals surface area (Å²) in [4.78, 5) is 12.0. The Morgan fingerprint density at radius 1 is 1.50 bits per heavy atom. The molecule has 0 aliphatic rings. The van der Waals surface area contributed by atoms with Crippen molar-refractivity contribution in [3.05, 3.63) is 29.3 Å². The van der Waals surface area contributed by atoms with E-state index in [4.69, 9.17) is 22.1 Å². The van der Waals surface area contributed by atoms with Crippen LogP contribution >= 0.6 is 11.6 Å². The quantitative estimate of drug-likeness (QED) is 0.775. The molecule has 0 radical (unpaired) electrons. The molecule has 1 rings (SSSR count). The minimum atomic E-state index is -0.579. The molecule has 0 fully saturated rings. The van der Waals surface area contributed by atoms with Gasteiger partial charge < -0.3 is 15.8 Å². The second-order valence-corrected chi connectivity index (χ2v) is 5.24. The Kier molecular flexibility index (Phi) is 7.41. The lowest BCUT2D eigenvalue weighted by atomic mass is 10.1. The van der Waals surface area contributed by atoms with E-state index in [1.54, 1.807) is 31.2 Å². The van der Waals surface area contributed by atoms with E-state index in [0.717, 1.165) is 19.3 Å². The molecular weight excluding hydrogens is 276 g/mol. The zero-order chi connectivity index (χ0) is 15.0. The molecular formula is C15H23ClN2O2. The lowest BCUT2D eigenvalue weighted by Gasteiger charge is -2.20. The maximum Gasteiger partial charge on any atom is 0.261 e. The van der Waals surface area contributed by atoms with Crippen LogP contribution < -0.4 is 15.8 Å². The molecule has 112 valence electrons. The number of amides is 1. The average molecular weight is 299 g/mol. The van der Waals surface area contributed by atoms with Crippen LogP contribution in [-0.4, -0.2) is 24.6 Å². The van der Waals surface area contributed by atoms with Crippen LogP contribution in [0.25, 0.3) is 0 Å². The number of carbonyl (C=O) groups excluding carboxylic acids is 1. The van der Waals surface area contributed by atoms with E-state index in [-0.39, 0.29) is 11.9 Å². The summed E-state index contributed by atoms with van der Waals surface area (Å²) < 4.78 is 5.57. The van der Waals surface area contributed by atoms with Gasteiger partial charge in [-0.05, 0) is 31.5 Å². The van der Waals surface area contributed by atoms with E-state index in [1.807, 2.05) is 0 Å². The zero-order valence-electron chi connectivity index (χ0n) is 12.1. The fourth-order valence-corrected chi connectivity index (χ4v) is 2.00. The van der Waals surface area contributed by atoms with Crippen molar-refractivity contribution in [3.8, 4) is 5.75 Å². The van der Waals surface area contributed by atoms with Crippen LogP contribution in [0.5, 0.6) is 5.75 Å². The molecule has 2 unspecified atom stereocenters. The van der Waals surface area contributed by atoms with Crippen molar-refractivity contribution in [2.24, 2.45) is 5.73 Å². The normalized spacial score (nSPS) is 13.6. The molecule has 0 spiro atoms. The predicted octanol–water partition coefficient (Wildman–Crippen LogP) is 2.74. The number of hydrogen-bond acceptors (Lipinski definition) is 3. The van der Waals surface area contributed by atoms with Crippen molar-refractivity contribution in [1.82, 2.24) is 5.32 Å². The van der Waals surface area contributed by atoms with E-state index in [0.29, 0.717) is 17.3 Å². The lowest BCUT2D eigenvalue weighted by Crippen LogP contribution is -2.45. The van der Waals surface area contributed by atoms with Gasteiger partial charge in [-0.1, -0.05) is 37.4 Å². The minimum Gasteiger partial charge on any atom is -0.481 e. The third kappa shape index (κ3) is 5.80. The van der Waals surface area contributed by atoms with Crippen molar-refractivity contribution in [1.29, 1.82) is 0 Å². The Balaban J connectivity index is 2.49. The highest BCUT2D eigenvalue weighted by atomic mass is 35.5. The van der Waals surface area contributed by atoms with Gasteiger partial charge in [0.05, 0.1) is 0 Å². The molecule has 0 saturated carbocycles. The summed E-state index contributed by atoms with van der Waals surface area (Å²) in [5, 5.41) is 3.50. The van der Waals surface area contributed by atoms with Crippen LogP contribution in [0.3, 0.4) is 0 Å². The van der Waals surface area contributed by atoms with Gasteiger partial charge in [0.15, 0.2) is 6.10 Å². The molecule has 4 nitrogen and oxygen atoms in total. The summed E-state index contributed by atoms with van der Waals surface area (Å²) in [6, 6.07) is 7.00. The fraction of sp³-hybridized carbons (Fsp3) is 0.533. The molecule has 0 aromatic heterocycles. The number of ether oxygens (including phenoxy) is 1. The second-order valence-electron chi connectivity index (χ2n) is 4.80. The number of benzene rings is 1. The second kappa shape index (κ2) is 8.82. The molecule has 0 aliphatic heterocycles. The van der Waals surface area contributed by atoms with Crippen LogP contribution in [0.4, 0.5) is 0 Å². The maximum atomic E-state index is 12.0. The molecule has 1 amide bonds. The number of carbonyl (C=O) groups is 1. The number of unbranched alkanes of at least 4 members (excludes halogenated alkanes) is 1. The zero-order valence-corrected chi connectivity index (χ0v) is 12.8. The summed E-state index contributed by atoms with van der Waals surface area (Å²) in [7, 11) is 0. The van der Waals surface area contributed by atoms with E-state index < -0.39 is 6.10 Å². The molecule has 1 aromatic carbocycles. The van der Waals surface area contributed by atoms with E-state index in [2.05, 4.69) is 12.2 Å². The molecule has 0 bridgehead atoms. The van der Waals surface area contributed by atoms with Crippen LogP contribution in [0.15, 0.2) is 24.3 Å². The number of halogens is 1.